The summed E-state index contributed by atoms with van der Waals surface area (Å²) in [7, 11) is 1.44. The van der Waals surface area contributed by atoms with Crippen molar-refractivity contribution in [2.45, 2.75) is 52.9 Å². The van der Waals surface area contributed by atoms with Crippen molar-refractivity contribution in [3.8, 4) is 0 Å². The Kier molecular flexibility index (Phi) is 4.37. The minimum absolute atomic E-state index is 0.233. The monoisotopic (exact) mass is 264 g/mol. The molecule has 19 heavy (non-hydrogen) atoms. The molecule has 0 aliphatic heterocycles. The summed E-state index contributed by atoms with van der Waals surface area (Å²) in [5, 5.41) is 0. The third-order valence-electron chi connectivity index (χ3n) is 5.92. The number of fused-ring (bicyclic) bond motifs is 1. The normalized spacial score (nSPS) is 40.1. The minimum atomic E-state index is -0.233. The highest BCUT2D eigenvalue weighted by atomic mass is 16.5. The average molecular weight is 264 g/mol. The lowest BCUT2D eigenvalue weighted by molar-refractivity contribution is -0.134. The van der Waals surface area contributed by atoms with E-state index in [1.54, 1.807) is 6.08 Å². The molecule has 0 heterocycles. The van der Waals surface area contributed by atoms with E-state index in [1.807, 2.05) is 0 Å². The van der Waals surface area contributed by atoms with Crippen LogP contribution < -0.4 is 0 Å². The van der Waals surface area contributed by atoms with Crippen LogP contribution >= 0.6 is 0 Å². The predicted octanol–water partition coefficient (Wildman–Crippen LogP) is 4.20. The van der Waals surface area contributed by atoms with E-state index in [4.69, 9.17) is 0 Å². The summed E-state index contributed by atoms with van der Waals surface area (Å²) in [6.07, 6.45) is 10.5. The van der Waals surface area contributed by atoms with Crippen LogP contribution in [0.2, 0.25) is 0 Å². The molecular formula is C17H28O2. The first kappa shape index (κ1) is 14.6. The van der Waals surface area contributed by atoms with Crippen molar-refractivity contribution in [2.75, 3.05) is 7.11 Å². The number of hydrogen-bond acceptors (Lipinski definition) is 2. The van der Waals surface area contributed by atoms with Crippen LogP contribution in [0.25, 0.3) is 0 Å². The van der Waals surface area contributed by atoms with Gasteiger partial charge in [-0.1, -0.05) is 39.7 Å². The number of ether oxygens (including phenoxy) is 1. The van der Waals surface area contributed by atoms with Gasteiger partial charge in [-0.15, -0.1) is 0 Å². The first-order valence-corrected chi connectivity index (χ1v) is 7.75. The quantitative estimate of drug-likeness (QED) is 0.564. The van der Waals surface area contributed by atoms with E-state index < -0.39 is 0 Å². The molecule has 0 saturated heterocycles. The van der Waals surface area contributed by atoms with Gasteiger partial charge < -0.3 is 4.74 Å². The van der Waals surface area contributed by atoms with Gasteiger partial charge in [-0.2, -0.15) is 0 Å². The van der Waals surface area contributed by atoms with Gasteiger partial charge in [0.15, 0.2) is 0 Å². The summed E-state index contributed by atoms with van der Waals surface area (Å²) in [5.41, 5.74) is 0.484. The van der Waals surface area contributed by atoms with Crippen LogP contribution in [0.3, 0.4) is 0 Å². The Morgan fingerprint density at radius 1 is 1.37 bits per heavy atom. The van der Waals surface area contributed by atoms with Crippen molar-refractivity contribution in [3.63, 3.8) is 0 Å². The summed E-state index contributed by atoms with van der Waals surface area (Å²) in [6.45, 7) is 7.18. The lowest BCUT2D eigenvalue weighted by Crippen LogP contribution is -2.37. The zero-order chi connectivity index (χ0) is 14.0. The third-order valence-corrected chi connectivity index (χ3v) is 5.92. The molecule has 0 aromatic carbocycles. The molecule has 0 spiro atoms. The zero-order valence-electron chi connectivity index (χ0n) is 12.8. The Hall–Kier alpha value is -0.790. The minimum Gasteiger partial charge on any atom is -0.466 e. The number of methoxy groups -OCH3 is 1. The standard InChI is InChI=1S/C17H28O2/c1-12-6-5-11-17(3)14(12)8-9-15(17)13(2)7-10-16(18)19-4/h7,10,12-15H,5-6,8-9,11H2,1-4H3/b10-7+/t12-,13+,14-,15+,17-/m0/s1. The maximum absolute atomic E-state index is 11.2. The number of carbonyl (C=O) groups excluding carboxylic acids is 1. The molecule has 5 atom stereocenters. The molecular weight excluding hydrogens is 236 g/mol. The molecule has 0 radical (unpaired) electrons. The van der Waals surface area contributed by atoms with Crippen LogP contribution in [0.5, 0.6) is 0 Å². The fourth-order valence-corrected chi connectivity index (χ4v) is 4.90. The molecule has 0 amide bonds. The number of carbonyl (C=O) groups is 1. The van der Waals surface area contributed by atoms with Crippen molar-refractivity contribution in [1.29, 1.82) is 0 Å². The Labute approximate surface area is 117 Å². The first-order valence-electron chi connectivity index (χ1n) is 7.75. The van der Waals surface area contributed by atoms with E-state index >= 15 is 0 Å². The molecule has 2 aliphatic rings. The van der Waals surface area contributed by atoms with Gasteiger partial charge >= 0.3 is 5.97 Å². The molecule has 0 bridgehead atoms. The highest BCUT2D eigenvalue weighted by molar-refractivity contribution is 5.81. The van der Waals surface area contributed by atoms with E-state index in [-0.39, 0.29) is 5.97 Å². The van der Waals surface area contributed by atoms with Crippen LogP contribution in [-0.4, -0.2) is 13.1 Å². The summed E-state index contributed by atoms with van der Waals surface area (Å²) in [5.74, 6) is 2.73. The summed E-state index contributed by atoms with van der Waals surface area (Å²) in [4.78, 5) is 11.2. The second-order valence-electron chi connectivity index (χ2n) is 6.91. The first-order chi connectivity index (χ1) is 8.99. The second kappa shape index (κ2) is 5.68. The molecule has 2 fully saturated rings. The van der Waals surface area contributed by atoms with Gasteiger partial charge in [0.05, 0.1) is 7.11 Å². The molecule has 2 nitrogen and oxygen atoms in total. The molecule has 0 aromatic heterocycles. The number of allylic oxidation sites excluding steroid dienone is 1. The Morgan fingerprint density at radius 2 is 2.11 bits per heavy atom. The maximum atomic E-state index is 11.2. The van der Waals surface area contributed by atoms with Gasteiger partial charge in [-0.3, -0.25) is 0 Å². The Balaban J connectivity index is 2.08. The predicted molar refractivity (Wildman–Crippen MR) is 77.7 cm³/mol. The lowest BCUT2D eigenvalue weighted by Gasteiger charge is -2.45. The highest BCUT2D eigenvalue weighted by Crippen LogP contribution is 2.59. The molecule has 2 rings (SSSR count). The van der Waals surface area contributed by atoms with Crippen molar-refractivity contribution >= 4 is 5.97 Å². The Morgan fingerprint density at radius 3 is 2.79 bits per heavy atom. The molecule has 2 heteroatoms. The largest absolute Gasteiger partial charge is 0.466 e. The molecule has 2 aliphatic carbocycles. The Bertz CT molecular complexity index is 360. The number of esters is 1. The van der Waals surface area contributed by atoms with Crippen LogP contribution in [0, 0.1) is 29.1 Å². The van der Waals surface area contributed by atoms with Gasteiger partial charge in [0, 0.05) is 6.08 Å². The average Bonchev–Trinajstić information content (AvgIpc) is 2.74. The van der Waals surface area contributed by atoms with Gasteiger partial charge in [0.2, 0.25) is 0 Å². The van der Waals surface area contributed by atoms with Crippen molar-refractivity contribution in [3.05, 3.63) is 12.2 Å². The lowest BCUT2D eigenvalue weighted by atomic mass is 9.60. The van der Waals surface area contributed by atoms with E-state index in [0.717, 1.165) is 17.8 Å². The van der Waals surface area contributed by atoms with Crippen molar-refractivity contribution in [2.24, 2.45) is 29.1 Å². The number of rotatable bonds is 3. The maximum Gasteiger partial charge on any atom is 0.330 e. The van der Waals surface area contributed by atoms with Gasteiger partial charge in [0.1, 0.15) is 0 Å². The second-order valence-corrected chi connectivity index (χ2v) is 6.91. The summed E-state index contributed by atoms with van der Waals surface area (Å²) >= 11 is 0. The zero-order valence-corrected chi connectivity index (χ0v) is 12.8. The highest BCUT2D eigenvalue weighted by Gasteiger charge is 2.50. The van der Waals surface area contributed by atoms with E-state index in [2.05, 4.69) is 31.6 Å². The SMILES string of the molecule is COC(=O)/C=C/[C@@H](C)[C@H]1CC[C@H]2[C@@H](C)CCC[C@]12C. The summed E-state index contributed by atoms with van der Waals surface area (Å²) < 4.78 is 4.69. The van der Waals surface area contributed by atoms with Gasteiger partial charge in [-0.25, -0.2) is 4.79 Å². The van der Waals surface area contributed by atoms with Gasteiger partial charge in [-0.05, 0) is 48.3 Å². The fraction of sp³-hybridized carbons (Fsp3) is 0.824. The molecule has 2 saturated carbocycles. The van der Waals surface area contributed by atoms with Crippen LogP contribution in [0.4, 0.5) is 0 Å². The summed E-state index contributed by atoms with van der Waals surface area (Å²) in [6, 6.07) is 0. The molecule has 0 aromatic rings. The van der Waals surface area contributed by atoms with E-state index in [0.29, 0.717) is 11.3 Å². The number of hydrogen-bond donors (Lipinski definition) is 0. The third kappa shape index (κ3) is 2.73. The topological polar surface area (TPSA) is 26.3 Å². The van der Waals surface area contributed by atoms with Crippen LogP contribution in [-0.2, 0) is 9.53 Å². The van der Waals surface area contributed by atoms with Crippen molar-refractivity contribution in [1.82, 2.24) is 0 Å². The smallest absolute Gasteiger partial charge is 0.330 e. The fourth-order valence-electron chi connectivity index (χ4n) is 4.90. The van der Waals surface area contributed by atoms with Crippen molar-refractivity contribution < 1.29 is 9.53 Å². The molecule has 0 N–H and O–H groups in total. The van der Waals surface area contributed by atoms with Gasteiger partial charge in [0.25, 0.3) is 0 Å². The van der Waals surface area contributed by atoms with E-state index in [9.17, 15) is 4.79 Å². The van der Waals surface area contributed by atoms with Crippen LogP contribution in [0.1, 0.15) is 52.9 Å². The van der Waals surface area contributed by atoms with Crippen LogP contribution in [0.15, 0.2) is 12.2 Å². The van der Waals surface area contributed by atoms with E-state index in [1.165, 1.54) is 39.2 Å². The molecule has 0 unspecified atom stereocenters. The molecule has 108 valence electrons.